The van der Waals surface area contributed by atoms with E-state index in [-0.39, 0.29) is 23.4 Å². The molecule has 0 bridgehead atoms. The van der Waals surface area contributed by atoms with E-state index < -0.39 is 5.60 Å². The van der Waals surface area contributed by atoms with Gasteiger partial charge in [-0.3, -0.25) is 14.6 Å². The van der Waals surface area contributed by atoms with Crippen LogP contribution in [0.4, 0.5) is 0 Å². The van der Waals surface area contributed by atoms with Gasteiger partial charge in [0, 0.05) is 23.4 Å². The number of ether oxygens (including phenoxy) is 3. The Balaban J connectivity index is 1.67. The lowest BCUT2D eigenvalue weighted by Crippen LogP contribution is -2.32. The van der Waals surface area contributed by atoms with Crippen molar-refractivity contribution in [3.8, 4) is 17.6 Å². The molecule has 1 aliphatic rings. The molecule has 1 fully saturated rings. The van der Waals surface area contributed by atoms with E-state index in [2.05, 4.69) is 16.4 Å². The number of carbonyl (C=O) groups is 2. The summed E-state index contributed by atoms with van der Waals surface area (Å²) in [4.78, 5) is 28.9. The molecule has 1 saturated carbocycles. The number of aryl methyl sites for hydroxylation is 1. The summed E-state index contributed by atoms with van der Waals surface area (Å²) < 4.78 is 16.6. The number of nitriles is 1. The van der Waals surface area contributed by atoms with Crippen molar-refractivity contribution in [2.45, 2.75) is 58.5 Å². The lowest BCUT2D eigenvalue weighted by Gasteiger charge is -2.29. The van der Waals surface area contributed by atoms with Crippen molar-refractivity contribution in [1.29, 1.82) is 5.26 Å². The Labute approximate surface area is 213 Å². The number of methoxy groups -OCH3 is 2. The van der Waals surface area contributed by atoms with E-state index in [1.807, 2.05) is 26.8 Å². The highest BCUT2D eigenvalue weighted by Crippen LogP contribution is 2.35. The van der Waals surface area contributed by atoms with Gasteiger partial charge in [-0.05, 0) is 76.1 Å². The maximum Gasteiger partial charge on any atom is 0.308 e. The SMILES string of the molecule is CCc1cc(C(C)(C)Oc2ccc(C(=O)NCC3CCC(C(=O)OC)CC3)cc2C#N)c(OC)cn1. The number of nitrogens with one attached hydrogen (secondary N) is 1. The van der Waals surface area contributed by atoms with Crippen LogP contribution in [0.3, 0.4) is 0 Å². The number of hydrogen-bond donors (Lipinski definition) is 1. The number of amides is 1. The van der Waals surface area contributed by atoms with Gasteiger partial charge in [0.25, 0.3) is 5.91 Å². The molecule has 36 heavy (non-hydrogen) atoms. The first-order valence-electron chi connectivity index (χ1n) is 12.3. The van der Waals surface area contributed by atoms with E-state index in [1.165, 1.54) is 7.11 Å². The van der Waals surface area contributed by atoms with Crippen molar-refractivity contribution >= 4 is 11.9 Å². The molecule has 1 N–H and O–H groups in total. The maximum absolute atomic E-state index is 12.8. The second-order valence-electron chi connectivity index (χ2n) is 9.62. The van der Waals surface area contributed by atoms with E-state index in [4.69, 9.17) is 14.2 Å². The van der Waals surface area contributed by atoms with Crippen LogP contribution >= 0.6 is 0 Å². The van der Waals surface area contributed by atoms with Gasteiger partial charge in [-0.15, -0.1) is 0 Å². The van der Waals surface area contributed by atoms with Gasteiger partial charge in [-0.25, -0.2) is 0 Å². The molecule has 0 atom stereocenters. The quantitative estimate of drug-likeness (QED) is 0.510. The monoisotopic (exact) mass is 493 g/mol. The Morgan fingerprint density at radius 1 is 1.14 bits per heavy atom. The summed E-state index contributed by atoms with van der Waals surface area (Å²) >= 11 is 0. The molecule has 8 heteroatoms. The minimum atomic E-state index is -0.809. The zero-order valence-electron chi connectivity index (χ0n) is 21.7. The van der Waals surface area contributed by atoms with Gasteiger partial charge in [-0.2, -0.15) is 5.26 Å². The van der Waals surface area contributed by atoms with Gasteiger partial charge >= 0.3 is 5.97 Å². The second kappa shape index (κ2) is 11.9. The summed E-state index contributed by atoms with van der Waals surface area (Å²) in [5, 5.41) is 12.7. The summed E-state index contributed by atoms with van der Waals surface area (Å²) in [6, 6.07) is 8.97. The molecule has 192 valence electrons. The predicted molar refractivity (Wildman–Crippen MR) is 135 cm³/mol. The zero-order chi connectivity index (χ0) is 26.3. The Morgan fingerprint density at radius 3 is 2.47 bits per heavy atom. The van der Waals surface area contributed by atoms with Gasteiger partial charge in [-0.1, -0.05) is 6.92 Å². The lowest BCUT2D eigenvalue weighted by molar-refractivity contribution is -0.146. The molecule has 1 aromatic heterocycles. The highest BCUT2D eigenvalue weighted by molar-refractivity contribution is 5.94. The first-order valence-corrected chi connectivity index (χ1v) is 12.3. The minimum Gasteiger partial charge on any atom is -0.495 e. The fourth-order valence-corrected chi connectivity index (χ4v) is 4.60. The number of rotatable bonds is 9. The molecule has 0 aliphatic heterocycles. The summed E-state index contributed by atoms with van der Waals surface area (Å²) in [6.07, 6.45) is 5.73. The van der Waals surface area contributed by atoms with Crippen LogP contribution in [0.25, 0.3) is 0 Å². The summed E-state index contributed by atoms with van der Waals surface area (Å²) in [7, 11) is 3.00. The first-order chi connectivity index (χ1) is 17.2. The average molecular weight is 494 g/mol. The summed E-state index contributed by atoms with van der Waals surface area (Å²) in [6.45, 7) is 6.36. The normalized spacial score (nSPS) is 17.6. The van der Waals surface area contributed by atoms with E-state index in [0.717, 1.165) is 43.4 Å². The van der Waals surface area contributed by atoms with Gasteiger partial charge in [0.15, 0.2) is 0 Å². The fourth-order valence-electron chi connectivity index (χ4n) is 4.60. The molecule has 3 rings (SSSR count). The van der Waals surface area contributed by atoms with Gasteiger partial charge in [0.05, 0.1) is 31.9 Å². The van der Waals surface area contributed by atoms with E-state index in [0.29, 0.717) is 29.5 Å². The molecule has 0 spiro atoms. The Kier molecular flexibility index (Phi) is 8.92. The number of aromatic nitrogens is 1. The number of hydrogen-bond acceptors (Lipinski definition) is 7. The summed E-state index contributed by atoms with van der Waals surface area (Å²) in [5.41, 5.74) is 1.60. The molecule has 1 aliphatic carbocycles. The minimum absolute atomic E-state index is 0.0439. The Bertz CT molecular complexity index is 1130. The maximum atomic E-state index is 12.8. The number of esters is 1. The van der Waals surface area contributed by atoms with Crippen LogP contribution in [0.2, 0.25) is 0 Å². The van der Waals surface area contributed by atoms with Crippen LogP contribution in [0.1, 0.15) is 73.6 Å². The van der Waals surface area contributed by atoms with Gasteiger partial charge < -0.3 is 19.5 Å². The second-order valence-corrected chi connectivity index (χ2v) is 9.62. The van der Waals surface area contributed by atoms with Crippen LogP contribution in [0.5, 0.6) is 11.5 Å². The number of pyridine rings is 1. The predicted octanol–water partition coefficient (Wildman–Crippen LogP) is 4.55. The van der Waals surface area contributed by atoms with E-state index >= 15 is 0 Å². The van der Waals surface area contributed by atoms with Crippen LogP contribution in [0, 0.1) is 23.2 Å². The molecule has 0 radical (unpaired) electrons. The third kappa shape index (κ3) is 6.34. The first kappa shape index (κ1) is 27.0. The lowest BCUT2D eigenvalue weighted by atomic mass is 9.82. The zero-order valence-corrected chi connectivity index (χ0v) is 21.7. The van der Waals surface area contributed by atoms with E-state index in [9.17, 15) is 14.9 Å². The molecule has 0 saturated heterocycles. The van der Waals surface area contributed by atoms with Crippen LogP contribution < -0.4 is 14.8 Å². The highest BCUT2D eigenvalue weighted by atomic mass is 16.5. The smallest absolute Gasteiger partial charge is 0.308 e. The molecule has 1 heterocycles. The van der Waals surface area contributed by atoms with Crippen molar-refractivity contribution in [2.24, 2.45) is 11.8 Å². The van der Waals surface area contributed by atoms with Crippen molar-refractivity contribution in [2.75, 3.05) is 20.8 Å². The molecule has 2 aromatic rings. The van der Waals surface area contributed by atoms with Crippen molar-refractivity contribution < 1.29 is 23.8 Å². The molecule has 0 unspecified atom stereocenters. The van der Waals surface area contributed by atoms with Crippen molar-refractivity contribution in [3.05, 3.63) is 52.8 Å². The molecule has 8 nitrogen and oxygen atoms in total. The number of carbonyl (C=O) groups excluding carboxylic acids is 2. The van der Waals surface area contributed by atoms with E-state index in [1.54, 1.807) is 31.5 Å². The van der Waals surface area contributed by atoms with Crippen LogP contribution in [-0.2, 0) is 21.6 Å². The largest absolute Gasteiger partial charge is 0.495 e. The number of benzene rings is 1. The third-order valence-corrected chi connectivity index (χ3v) is 6.81. The van der Waals surface area contributed by atoms with Gasteiger partial charge in [0.1, 0.15) is 23.2 Å². The summed E-state index contributed by atoms with van der Waals surface area (Å²) in [5.74, 6) is 0.870. The van der Waals surface area contributed by atoms with Gasteiger partial charge in [0.2, 0.25) is 0 Å². The topological polar surface area (TPSA) is 111 Å². The average Bonchev–Trinajstić information content (AvgIpc) is 2.91. The number of nitrogens with zero attached hydrogens (tertiary/aromatic N) is 2. The van der Waals surface area contributed by atoms with Crippen molar-refractivity contribution in [1.82, 2.24) is 10.3 Å². The molecule has 1 aromatic carbocycles. The molecular weight excluding hydrogens is 458 g/mol. The fraction of sp³-hybridized carbons (Fsp3) is 0.500. The molecule has 1 amide bonds. The standard InChI is InChI=1S/C28H35N3O5/c1-6-22-14-23(25(34-4)17-30-22)28(2,3)36-24-12-11-20(13-21(24)15-29)26(32)31-16-18-7-9-19(10-8-18)27(33)35-5/h11-14,17-19H,6-10,16H2,1-5H3,(H,31,32). The van der Waals surface area contributed by atoms with Crippen LogP contribution in [-0.4, -0.2) is 37.6 Å². The molecular formula is C28H35N3O5. The third-order valence-electron chi connectivity index (χ3n) is 6.81. The van der Waals surface area contributed by atoms with Crippen molar-refractivity contribution in [3.63, 3.8) is 0 Å². The van der Waals surface area contributed by atoms with Crippen LogP contribution in [0.15, 0.2) is 30.5 Å². The Hall–Kier alpha value is -3.60. The highest BCUT2D eigenvalue weighted by Gasteiger charge is 2.29. The Morgan fingerprint density at radius 2 is 1.86 bits per heavy atom.